The summed E-state index contributed by atoms with van der Waals surface area (Å²) in [6.45, 7) is 1.51. The van der Waals surface area contributed by atoms with Gasteiger partial charge in [0, 0.05) is 10.5 Å². The second kappa shape index (κ2) is 8.82. The molecule has 1 atom stereocenters. The first-order valence-electron chi connectivity index (χ1n) is 8.32. The zero-order valence-corrected chi connectivity index (χ0v) is 15.7. The predicted molar refractivity (Wildman–Crippen MR) is 98.3 cm³/mol. The lowest BCUT2D eigenvalue weighted by Gasteiger charge is -2.32. The first kappa shape index (κ1) is 19.2. The van der Waals surface area contributed by atoms with Crippen LogP contribution < -0.4 is 5.32 Å². The van der Waals surface area contributed by atoms with E-state index in [1.807, 2.05) is 24.3 Å². The second-order valence-electron chi connectivity index (χ2n) is 6.18. The summed E-state index contributed by atoms with van der Waals surface area (Å²) in [6, 6.07) is 9.67. The molecule has 0 spiro atoms. The minimum atomic E-state index is -0.955. The predicted octanol–water partition coefficient (Wildman–Crippen LogP) is 3.74. The summed E-state index contributed by atoms with van der Waals surface area (Å²) in [4.78, 5) is 24.2. The Morgan fingerprint density at radius 3 is 2.64 bits per heavy atom. The van der Waals surface area contributed by atoms with Gasteiger partial charge >= 0.3 is 5.97 Å². The molecule has 5 nitrogen and oxygen atoms in total. The minimum Gasteiger partial charge on any atom is -0.449 e. The molecular weight excluding hydrogens is 384 g/mol. The highest BCUT2D eigenvalue weighted by Gasteiger charge is 2.35. The molecule has 0 aliphatic heterocycles. The molecule has 0 saturated heterocycles. The van der Waals surface area contributed by atoms with Crippen LogP contribution in [-0.4, -0.2) is 23.5 Å². The number of amides is 1. The zero-order chi connectivity index (χ0) is 18.3. The number of nitriles is 1. The van der Waals surface area contributed by atoms with Crippen molar-refractivity contribution in [2.45, 2.75) is 50.7 Å². The van der Waals surface area contributed by atoms with Crippen LogP contribution in [0, 0.1) is 11.3 Å². The maximum Gasteiger partial charge on any atom is 0.331 e. The molecule has 0 unspecified atom stereocenters. The second-order valence-corrected chi connectivity index (χ2v) is 7.03. The Kier molecular flexibility index (Phi) is 6.77. The molecule has 1 fully saturated rings. The van der Waals surface area contributed by atoms with Crippen LogP contribution in [0.25, 0.3) is 6.08 Å². The highest BCUT2D eigenvalue weighted by molar-refractivity contribution is 9.10. The molecule has 0 bridgehead atoms. The summed E-state index contributed by atoms with van der Waals surface area (Å²) >= 11 is 3.39. The summed E-state index contributed by atoms with van der Waals surface area (Å²) in [5.41, 5.74) is 0.00277. The van der Waals surface area contributed by atoms with Gasteiger partial charge in [-0.15, -0.1) is 0 Å². The van der Waals surface area contributed by atoms with Crippen LogP contribution in [0.3, 0.4) is 0 Å². The first-order chi connectivity index (χ1) is 12.0. The van der Waals surface area contributed by atoms with Crippen molar-refractivity contribution < 1.29 is 14.3 Å². The highest BCUT2D eigenvalue weighted by atomic mass is 79.9. The average Bonchev–Trinajstić information content (AvgIpc) is 2.61. The number of carbonyl (C=O) groups excluding carboxylic acids is 2. The molecule has 2 rings (SSSR count). The lowest BCUT2D eigenvalue weighted by atomic mass is 9.83. The van der Waals surface area contributed by atoms with Crippen molar-refractivity contribution in [2.75, 3.05) is 0 Å². The Labute approximate surface area is 156 Å². The van der Waals surface area contributed by atoms with Crippen molar-refractivity contribution in [3.05, 3.63) is 40.4 Å². The third kappa shape index (κ3) is 5.43. The van der Waals surface area contributed by atoms with E-state index in [0.29, 0.717) is 12.8 Å². The van der Waals surface area contributed by atoms with Gasteiger partial charge in [0.1, 0.15) is 5.54 Å². The fourth-order valence-corrected chi connectivity index (χ4v) is 3.21. The van der Waals surface area contributed by atoms with E-state index in [1.54, 1.807) is 6.08 Å². The number of benzene rings is 1. The minimum absolute atomic E-state index is 0.439. The zero-order valence-electron chi connectivity index (χ0n) is 14.1. The van der Waals surface area contributed by atoms with Crippen LogP contribution in [0.1, 0.15) is 44.6 Å². The Balaban J connectivity index is 1.91. The van der Waals surface area contributed by atoms with E-state index >= 15 is 0 Å². The summed E-state index contributed by atoms with van der Waals surface area (Å²) in [5, 5.41) is 12.2. The Morgan fingerprint density at radius 2 is 2.00 bits per heavy atom. The number of halogens is 1. The van der Waals surface area contributed by atoms with Crippen molar-refractivity contribution in [1.82, 2.24) is 5.32 Å². The fraction of sp³-hybridized carbons (Fsp3) is 0.421. The number of nitrogens with zero attached hydrogens (tertiary/aromatic N) is 1. The number of ether oxygens (including phenoxy) is 1. The Hall–Kier alpha value is -2.13. The van der Waals surface area contributed by atoms with Gasteiger partial charge in [-0.05, 0) is 37.5 Å². The smallest absolute Gasteiger partial charge is 0.331 e. The van der Waals surface area contributed by atoms with Crippen molar-refractivity contribution >= 4 is 33.9 Å². The van der Waals surface area contributed by atoms with Gasteiger partial charge in [0.2, 0.25) is 0 Å². The van der Waals surface area contributed by atoms with Gasteiger partial charge in [-0.25, -0.2) is 4.79 Å². The SMILES string of the molecule is C[C@H](OC(=O)/C=C/c1ccccc1Br)C(=O)NC1(C#N)CCCCC1. The molecule has 1 aliphatic rings. The molecule has 1 aliphatic carbocycles. The van der Waals surface area contributed by atoms with E-state index < -0.39 is 23.5 Å². The largest absolute Gasteiger partial charge is 0.449 e. The van der Waals surface area contributed by atoms with Gasteiger partial charge in [-0.1, -0.05) is 53.4 Å². The fourth-order valence-electron chi connectivity index (χ4n) is 2.79. The summed E-state index contributed by atoms with van der Waals surface area (Å²) in [7, 11) is 0. The number of esters is 1. The molecule has 132 valence electrons. The molecule has 0 heterocycles. The van der Waals surface area contributed by atoms with Crippen LogP contribution in [0.15, 0.2) is 34.8 Å². The van der Waals surface area contributed by atoms with Crippen LogP contribution in [0.4, 0.5) is 0 Å². The molecule has 1 aromatic rings. The van der Waals surface area contributed by atoms with Gasteiger partial charge in [0.05, 0.1) is 6.07 Å². The summed E-state index contributed by atoms with van der Waals surface area (Å²) in [5.74, 6) is -1.04. The maximum absolute atomic E-state index is 12.3. The third-order valence-corrected chi connectivity index (χ3v) is 4.97. The molecule has 0 radical (unpaired) electrons. The Bertz CT molecular complexity index is 703. The maximum atomic E-state index is 12.3. The van der Waals surface area contributed by atoms with E-state index in [4.69, 9.17) is 4.74 Å². The van der Waals surface area contributed by atoms with E-state index in [2.05, 4.69) is 27.3 Å². The topological polar surface area (TPSA) is 79.2 Å². The number of nitrogens with one attached hydrogen (secondary N) is 1. The van der Waals surface area contributed by atoms with E-state index in [9.17, 15) is 14.9 Å². The van der Waals surface area contributed by atoms with Gasteiger partial charge in [0.15, 0.2) is 6.10 Å². The van der Waals surface area contributed by atoms with Crippen LogP contribution in [-0.2, 0) is 14.3 Å². The standard InChI is InChI=1S/C19H21BrN2O3/c1-14(18(24)22-19(13-21)11-5-2-6-12-19)25-17(23)10-9-15-7-3-4-8-16(15)20/h3-4,7-10,14H,2,5-6,11-12H2,1H3,(H,22,24)/b10-9+/t14-/m0/s1. The van der Waals surface area contributed by atoms with Crippen molar-refractivity contribution in [1.29, 1.82) is 5.26 Å². The average molecular weight is 405 g/mol. The molecule has 0 aromatic heterocycles. The lowest BCUT2D eigenvalue weighted by Crippen LogP contribution is -2.52. The number of rotatable bonds is 5. The van der Waals surface area contributed by atoms with Crippen LogP contribution in [0.5, 0.6) is 0 Å². The molecule has 1 aromatic carbocycles. The number of hydrogen-bond acceptors (Lipinski definition) is 4. The molecule has 1 amide bonds. The van der Waals surface area contributed by atoms with E-state index in [0.717, 1.165) is 29.3 Å². The quantitative estimate of drug-likeness (QED) is 0.598. The monoisotopic (exact) mass is 404 g/mol. The van der Waals surface area contributed by atoms with E-state index in [-0.39, 0.29) is 0 Å². The van der Waals surface area contributed by atoms with Crippen molar-refractivity contribution in [3.8, 4) is 6.07 Å². The van der Waals surface area contributed by atoms with Crippen molar-refractivity contribution in [2.24, 2.45) is 0 Å². The normalized spacial score (nSPS) is 17.5. The third-order valence-electron chi connectivity index (χ3n) is 4.25. The lowest BCUT2D eigenvalue weighted by molar-refractivity contribution is -0.150. The van der Waals surface area contributed by atoms with Gasteiger partial charge in [-0.3, -0.25) is 4.79 Å². The van der Waals surface area contributed by atoms with Crippen LogP contribution >= 0.6 is 15.9 Å². The number of carbonyl (C=O) groups is 2. The van der Waals surface area contributed by atoms with Crippen LogP contribution in [0.2, 0.25) is 0 Å². The van der Waals surface area contributed by atoms with Crippen molar-refractivity contribution in [3.63, 3.8) is 0 Å². The van der Waals surface area contributed by atoms with Gasteiger partial charge < -0.3 is 10.1 Å². The summed E-state index contributed by atoms with van der Waals surface area (Å²) < 4.78 is 6.00. The molecule has 6 heteroatoms. The first-order valence-corrected chi connectivity index (χ1v) is 9.11. The molecule has 1 saturated carbocycles. The van der Waals surface area contributed by atoms with Gasteiger partial charge in [0.25, 0.3) is 5.91 Å². The summed E-state index contributed by atoms with van der Waals surface area (Å²) in [6.07, 6.45) is 6.12. The molecule has 25 heavy (non-hydrogen) atoms. The molecular formula is C19H21BrN2O3. The highest BCUT2D eigenvalue weighted by Crippen LogP contribution is 2.27. The van der Waals surface area contributed by atoms with Gasteiger partial charge in [-0.2, -0.15) is 5.26 Å². The molecule has 1 N–H and O–H groups in total. The van der Waals surface area contributed by atoms with E-state index in [1.165, 1.54) is 13.0 Å². The number of hydrogen-bond donors (Lipinski definition) is 1. The Morgan fingerprint density at radius 1 is 1.32 bits per heavy atom.